The Morgan fingerprint density at radius 1 is 1.06 bits per heavy atom. The van der Waals surface area contributed by atoms with Gasteiger partial charge in [-0.15, -0.1) is 0 Å². The van der Waals surface area contributed by atoms with Gasteiger partial charge in [-0.05, 0) is 55.5 Å². The number of benzene rings is 2. The molecule has 2 saturated heterocycles. The predicted octanol–water partition coefficient (Wildman–Crippen LogP) is 3.82. The Morgan fingerprint density at radius 2 is 1.79 bits per heavy atom. The monoisotopic (exact) mass is 470 g/mol. The second kappa shape index (κ2) is 11.0. The van der Waals surface area contributed by atoms with Gasteiger partial charge in [-0.3, -0.25) is 9.59 Å². The molecule has 0 saturated carbocycles. The first-order chi connectivity index (χ1) is 16.1. The lowest BCUT2D eigenvalue weighted by atomic mass is 9.74. The molecule has 0 bridgehead atoms. The Bertz CT molecular complexity index is 938. The third-order valence-electron chi connectivity index (χ3n) is 6.81. The van der Waals surface area contributed by atoms with Gasteiger partial charge in [0.25, 0.3) is 5.91 Å². The van der Waals surface area contributed by atoms with Gasteiger partial charge in [0.1, 0.15) is 5.75 Å². The number of hydrogen-bond donors (Lipinski definition) is 1. The average Bonchev–Trinajstić information content (AvgIpc) is 2.87. The molecule has 0 aliphatic carbocycles. The molecule has 7 heteroatoms. The van der Waals surface area contributed by atoms with E-state index in [2.05, 4.69) is 11.4 Å². The van der Waals surface area contributed by atoms with Crippen molar-refractivity contribution in [1.29, 1.82) is 0 Å². The van der Waals surface area contributed by atoms with Gasteiger partial charge in [-0.2, -0.15) is 0 Å². The fourth-order valence-electron chi connectivity index (χ4n) is 4.69. The minimum Gasteiger partial charge on any atom is -0.484 e. The van der Waals surface area contributed by atoms with Crippen molar-refractivity contribution in [3.63, 3.8) is 0 Å². The molecule has 2 heterocycles. The SMILES string of the molecule is O=C(NCC1(c2cccc(Cl)c2)CCOCC1)C1CCN(C(=O)COc2ccccc2)CC1. The van der Waals surface area contributed by atoms with Crippen molar-refractivity contribution in [1.82, 2.24) is 10.2 Å². The van der Waals surface area contributed by atoms with Gasteiger partial charge in [0.05, 0.1) is 0 Å². The van der Waals surface area contributed by atoms with Crippen LogP contribution in [0.25, 0.3) is 0 Å². The second-order valence-electron chi connectivity index (χ2n) is 8.88. The standard InChI is InChI=1S/C26H31ClN2O4/c27-22-6-4-5-21(17-22)26(11-15-32-16-12-26)19-28-25(31)20-9-13-29(14-10-20)24(30)18-33-23-7-2-1-3-8-23/h1-8,17,20H,9-16,18-19H2,(H,28,31). The number of ether oxygens (including phenoxy) is 2. The van der Waals surface area contributed by atoms with E-state index in [1.165, 1.54) is 0 Å². The van der Waals surface area contributed by atoms with Crippen LogP contribution in [0.4, 0.5) is 0 Å². The Balaban J connectivity index is 1.27. The van der Waals surface area contributed by atoms with Gasteiger partial charge in [-0.25, -0.2) is 0 Å². The Hall–Kier alpha value is -2.57. The second-order valence-corrected chi connectivity index (χ2v) is 9.31. The number of hydrogen-bond acceptors (Lipinski definition) is 4. The predicted molar refractivity (Wildman–Crippen MR) is 127 cm³/mol. The van der Waals surface area contributed by atoms with E-state index in [0.717, 1.165) is 18.4 Å². The Labute approximate surface area is 200 Å². The summed E-state index contributed by atoms with van der Waals surface area (Å²) in [5, 5.41) is 3.91. The summed E-state index contributed by atoms with van der Waals surface area (Å²) >= 11 is 6.25. The van der Waals surface area contributed by atoms with E-state index in [4.69, 9.17) is 21.1 Å². The minimum absolute atomic E-state index is 0.0190. The van der Waals surface area contributed by atoms with Crippen molar-refractivity contribution >= 4 is 23.4 Å². The molecule has 176 valence electrons. The van der Waals surface area contributed by atoms with E-state index in [1.807, 2.05) is 48.5 Å². The number of rotatable bonds is 7. The lowest BCUT2D eigenvalue weighted by Crippen LogP contribution is -2.48. The molecule has 2 aromatic carbocycles. The maximum Gasteiger partial charge on any atom is 0.260 e. The molecule has 2 aliphatic rings. The largest absolute Gasteiger partial charge is 0.484 e. The summed E-state index contributed by atoms with van der Waals surface area (Å²) in [4.78, 5) is 27.2. The summed E-state index contributed by atoms with van der Waals surface area (Å²) in [5.74, 6) is 0.623. The highest BCUT2D eigenvalue weighted by Crippen LogP contribution is 2.35. The van der Waals surface area contributed by atoms with Crippen LogP contribution in [-0.4, -0.2) is 56.2 Å². The summed E-state index contributed by atoms with van der Waals surface area (Å²) in [7, 11) is 0. The van der Waals surface area contributed by atoms with Gasteiger partial charge in [0.15, 0.2) is 6.61 Å². The first-order valence-electron chi connectivity index (χ1n) is 11.6. The van der Waals surface area contributed by atoms with Crippen molar-refractivity contribution in [3.05, 3.63) is 65.2 Å². The highest BCUT2D eigenvalue weighted by molar-refractivity contribution is 6.30. The van der Waals surface area contributed by atoms with E-state index in [1.54, 1.807) is 4.90 Å². The van der Waals surface area contributed by atoms with E-state index < -0.39 is 0 Å². The summed E-state index contributed by atoms with van der Waals surface area (Å²) in [6, 6.07) is 17.2. The van der Waals surface area contributed by atoms with Gasteiger partial charge in [0, 0.05) is 49.2 Å². The molecule has 33 heavy (non-hydrogen) atoms. The maximum absolute atomic E-state index is 13.0. The van der Waals surface area contributed by atoms with Crippen LogP contribution in [0.1, 0.15) is 31.2 Å². The van der Waals surface area contributed by atoms with E-state index in [0.29, 0.717) is 56.5 Å². The molecule has 0 radical (unpaired) electrons. The number of carbonyl (C=O) groups excluding carboxylic acids is 2. The maximum atomic E-state index is 13.0. The number of nitrogens with zero attached hydrogens (tertiary/aromatic N) is 1. The van der Waals surface area contributed by atoms with Crippen LogP contribution >= 0.6 is 11.6 Å². The molecule has 2 aromatic rings. The lowest BCUT2D eigenvalue weighted by Gasteiger charge is -2.39. The number of para-hydroxylation sites is 1. The molecule has 1 N–H and O–H groups in total. The number of amides is 2. The van der Waals surface area contributed by atoms with Gasteiger partial charge < -0.3 is 19.7 Å². The zero-order chi connectivity index (χ0) is 23.1. The number of nitrogens with one attached hydrogen (secondary N) is 1. The minimum atomic E-state index is -0.162. The van der Waals surface area contributed by atoms with E-state index >= 15 is 0 Å². The van der Waals surface area contributed by atoms with Gasteiger partial charge in [0.2, 0.25) is 5.91 Å². The smallest absolute Gasteiger partial charge is 0.260 e. The quantitative estimate of drug-likeness (QED) is 0.668. The molecular weight excluding hydrogens is 440 g/mol. The number of likely N-dealkylation sites (tertiary alicyclic amines) is 1. The van der Waals surface area contributed by atoms with Crippen LogP contribution in [0, 0.1) is 5.92 Å². The fraction of sp³-hybridized carbons (Fsp3) is 0.462. The summed E-state index contributed by atoms with van der Waals surface area (Å²) in [5.41, 5.74) is 0.988. The average molecular weight is 471 g/mol. The lowest BCUT2D eigenvalue weighted by molar-refractivity contribution is -0.137. The molecular formula is C26H31ClN2O4. The summed E-state index contributed by atoms with van der Waals surface area (Å²) in [6.07, 6.45) is 3.02. The zero-order valence-electron chi connectivity index (χ0n) is 18.8. The topological polar surface area (TPSA) is 67.9 Å². The highest BCUT2D eigenvalue weighted by atomic mass is 35.5. The summed E-state index contributed by atoms with van der Waals surface area (Å²) in [6.45, 7) is 3.08. The van der Waals surface area contributed by atoms with Crippen LogP contribution in [0.15, 0.2) is 54.6 Å². The Kier molecular flexibility index (Phi) is 7.89. The van der Waals surface area contributed by atoms with Crippen LogP contribution in [-0.2, 0) is 19.7 Å². The molecule has 0 unspecified atom stereocenters. The normalized spacial score (nSPS) is 18.5. The van der Waals surface area contributed by atoms with Crippen molar-refractivity contribution in [3.8, 4) is 5.75 Å². The zero-order valence-corrected chi connectivity index (χ0v) is 19.6. The van der Waals surface area contributed by atoms with Crippen molar-refractivity contribution in [2.24, 2.45) is 5.92 Å². The molecule has 2 aliphatic heterocycles. The third kappa shape index (κ3) is 6.06. The van der Waals surface area contributed by atoms with Crippen LogP contribution < -0.4 is 10.1 Å². The van der Waals surface area contributed by atoms with Gasteiger partial charge in [-0.1, -0.05) is 41.9 Å². The number of halogens is 1. The van der Waals surface area contributed by atoms with Crippen LogP contribution in [0.3, 0.4) is 0 Å². The molecule has 2 fully saturated rings. The Morgan fingerprint density at radius 3 is 2.48 bits per heavy atom. The molecule has 2 amide bonds. The highest BCUT2D eigenvalue weighted by Gasteiger charge is 2.36. The van der Waals surface area contributed by atoms with Gasteiger partial charge >= 0.3 is 0 Å². The molecule has 4 rings (SSSR count). The van der Waals surface area contributed by atoms with Crippen molar-refractivity contribution in [2.75, 3.05) is 39.5 Å². The molecule has 0 aromatic heterocycles. The summed E-state index contributed by atoms with van der Waals surface area (Å²) < 4.78 is 11.2. The first-order valence-corrected chi connectivity index (χ1v) is 12.0. The number of carbonyl (C=O) groups is 2. The molecule has 0 atom stereocenters. The van der Waals surface area contributed by atoms with E-state index in [9.17, 15) is 9.59 Å². The van der Waals surface area contributed by atoms with Crippen molar-refractivity contribution in [2.45, 2.75) is 31.1 Å². The fourth-order valence-corrected chi connectivity index (χ4v) is 4.88. The number of piperidine rings is 1. The third-order valence-corrected chi connectivity index (χ3v) is 7.05. The molecule has 0 spiro atoms. The van der Waals surface area contributed by atoms with Crippen LogP contribution in [0.5, 0.6) is 5.75 Å². The van der Waals surface area contributed by atoms with Crippen molar-refractivity contribution < 1.29 is 19.1 Å². The van der Waals surface area contributed by atoms with E-state index in [-0.39, 0.29) is 29.8 Å². The van der Waals surface area contributed by atoms with Crippen LogP contribution in [0.2, 0.25) is 5.02 Å². The first kappa shape index (κ1) is 23.6. The molecule has 6 nitrogen and oxygen atoms in total.